The van der Waals surface area contributed by atoms with Gasteiger partial charge in [0.15, 0.2) is 0 Å². The van der Waals surface area contributed by atoms with Crippen LogP contribution in [0.15, 0.2) is 205 Å². The summed E-state index contributed by atoms with van der Waals surface area (Å²) in [5, 5.41) is 12.3. The van der Waals surface area contributed by atoms with Gasteiger partial charge < -0.3 is 9.32 Å². The third-order valence-electron chi connectivity index (χ3n) is 11.0. The molecule has 0 aliphatic carbocycles. The number of hydrogen-bond acceptors (Lipinski definition) is 2. The molecule has 11 rings (SSSR count). The summed E-state index contributed by atoms with van der Waals surface area (Å²) in [6.07, 6.45) is 0. The smallest absolute Gasteiger partial charge is 0.136 e. The molecule has 0 N–H and O–H groups in total. The van der Waals surface area contributed by atoms with E-state index >= 15 is 0 Å². The van der Waals surface area contributed by atoms with Crippen molar-refractivity contribution in [2.45, 2.75) is 0 Å². The molecular formula is C52H33NO. The van der Waals surface area contributed by atoms with Crippen LogP contribution >= 0.6 is 0 Å². The van der Waals surface area contributed by atoms with Gasteiger partial charge in [0.2, 0.25) is 0 Å². The molecule has 11 aromatic rings. The predicted octanol–water partition coefficient (Wildman–Crippen LogP) is 15.0. The van der Waals surface area contributed by atoms with E-state index in [9.17, 15) is 0 Å². The number of benzene rings is 10. The van der Waals surface area contributed by atoms with Gasteiger partial charge in [0, 0.05) is 27.7 Å². The molecule has 10 aromatic carbocycles. The first-order valence-electron chi connectivity index (χ1n) is 18.5. The lowest BCUT2D eigenvalue weighted by atomic mass is 9.92. The molecule has 1 heterocycles. The zero-order valence-corrected chi connectivity index (χ0v) is 29.4. The lowest BCUT2D eigenvalue weighted by molar-refractivity contribution is 0.669. The van der Waals surface area contributed by atoms with Crippen LogP contribution in [0.4, 0.5) is 17.1 Å². The molecule has 0 unspecified atom stereocenters. The van der Waals surface area contributed by atoms with Crippen molar-refractivity contribution >= 4 is 82.1 Å². The van der Waals surface area contributed by atoms with Crippen molar-refractivity contribution in [1.29, 1.82) is 0 Å². The van der Waals surface area contributed by atoms with E-state index in [2.05, 4.69) is 193 Å². The second-order valence-corrected chi connectivity index (χ2v) is 14.1. The maximum atomic E-state index is 6.25. The fraction of sp³-hybridized carbons (Fsp3) is 0. The van der Waals surface area contributed by atoms with Crippen LogP contribution in [-0.4, -0.2) is 0 Å². The van der Waals surface area contributed by atoms with Crippen LogP contribution < -0.4 is 4.90 Å². The van der Waals surface area contributed by atoms with Crippen LogP contribution in [0.1, 0.15) is 0 Å². The van der Waals surface area contributed by atoms with Crippen LogP contribution in [-0.2, 0) is 0 Å². The summed E-state index contributed by atoms with van der Waals surface area (Å²) in [5.74, 6) is 0. The molecule has 0 atom stereocenters. The first-order valence-corrected chi connectivity index (χ1v) is 18.5. The van der Waals surface area contributed by atoms with Gasteiger partial charge in [-0.3, -0.25) is 0 Å². The summed E-state index contributed by atoms with van der Waals surface area (Å²) in [7, 11) is 0. The van der Waals surface area contributed by atoms with Crippen molar-refractivity contribution in [1.82, 2.24) is 0 Å². The topological polar surface area (TPSA) is 16.4 Å². The molecular weight excluding hydrogens is 655 g/mol. The molecule has 0 spiro atoms. The average Bonchev–Trinajstić information content (AvgIpc) is 3.63. The molecule has 0 fully saturated rings. The van der Waals surface area contributed by atoms with Crippen LogP contribution in [0.2, 0.25) is 0 Å². The minimum absolute atomic E-state index is 0.910. The quantitative estimate of drug-likeness (QED) is 0.168. The molecule has 0 radical (unpaired) electrons. The van der Waals surface area contributed by atoms with Gasteiger partial charge in [0.05, 0.1) is 5.69 Å². The van der Waals surface area contributed by atoms with Crippen LogP contribution in [0.3, 0.4) is 0 Å². The van der Waals surface area contributed by atoms with Crippen molar-refractivity contribution < 1.29 is 4.42 Å². The SMILES string of the molecule is c1ccc(-c2ccccc2N(c2ccc(-c3cccc4c3ccc3ccc5ccccc5c34)cc2)c2ccc3c(ccc4oc5ccccc5c43)c2)cc1. The first kappa shape index (κ1) is 30.5. The molecule has 54 heavy (non-hydrogen) atoms. The Balaban J connectivity index is 1.08. The summed E-state index contributed by atoms with van der Waals surface area (Å²) >= 11 is 0. The maximum absolute atomic E-state index is 6.25. The Bertz CT molecular complexity index is 3210. The van der Waals surface area contributed by atoms with Gasteiger partial charge in [-0.05, 0) is 102 Å². The van der Waals surface area contributed by atoms with E-state index in [4.69, 9.17) is 4.42 Å². The molecule has 2 nitrogen and oxygen atoms in total. The monoisotopic (exact) mass is 687 g/mol. The van der Waals surface area contributed by atoms with Crippen molar-refractivity contribution in [3.63, 3.8) is 0 Å². The number of anilines is 3. The van der Waals surface area contributed by atoms with Gasteiger partial charge in [-0.15, -0.1) is 0 Å². The van der Waals surface area contributed by atoms with Gasteiger partial charge in [0.25, 0.3) is 0 Å². The van der Waals surface area contributed by atoms with Gasteiger partial charge in [0.1, 0.15) is 11.2 Å². The second kappa shape index (κ2) is 12.2. The van der Waals surface area contributed by atoms with Crippen molar-refractivity contribution in [3.8, 4) is 22.3 Å². The van der Waals surface area contributed by atoms with Crippen molar-refractivity contribution in [2.75, 3.05) is 4.90 Å². The van der Waals surface area contributed by atoms with Gasteiger partial charge in [-0.2, -0.15) is 0 Å². The summed E-state index contributed by atoms with van der Waals surface area (Å²) in [6.45, 7) is 0. The standard InChI is InChI=1S/C52H33NO/c1-2-11-34(12-3-1)42-14-6-8-19-48(42)53(40-29-31-44-38(33-40)26-32-50-52(44)47-16-7-9-20-49(47)54-50)39-27-23-36(24-28-39)41-17-10-18-46-45(41)30-25-37-22-21-35-13-4-5-15-43(35)51(37)46/h1-33H. The molecule has 1 aromatic heterocycles. The van der Waals surface area contributed by atoms with Crippen LogP contribution in [0.25, 0.3) is 87.3 Å². The normalized spacial score (nSPS) is 11.7. The highest BCUT2D eigenvalue weighted by Crippen LogP contribution is 2.44. The highest BCUT2D eigenvalue weighted by molar-refractivity contribution is 6.22. The van der Waals surface area contributed by atoms with Gasteiger partial charge in [-0.1, -0.05) is 158 Å². The molecule has 0 saturated heterocycles. The fourth-order valence-corrected chi connectivity index (χ4v) is 8.54. The van der Waals surface area contributed by atoms with Crippen molar-refractivity contribution in [3.05, 3.63) is 200 Å². The third-order valence-corrected chi connectivity index (χ3v) is 11.0. The fourth-order valence-electron chi connectivity index (χ4n) is 8.54. The molecule has 0 amide bonds. The van der Waals surface area contributed by atoms with E-state index in [1.807, 2.05) is 12.1 Å². The molecule has 0 saturated carbocycles. The van der Waals surface area contributed by atoms with Crippen LogP contribution in [0.5, 0.6) is 0 Å². The highest BCUT2D eigenvalue weighted by atomic mass is 16.3. The van der Waals surface area contributed by atoms with E-state index in [1.165, 1.54) is 65.3 Å². The Morgan fingerprint density at radius 1 is 0.315 bits per heavy atom. The predicted molar refractivity (Wildman–Crippen MR) is 229 cm³/mol. The molecule has 0 bridgehead atoms. The zero-order valence-electron chi connectivity index (χ0n) is 29.4. The minimum atomic E-state index is 0.910. The summed E-state index contributed by atoms with van der Waals surface area (Å²) in [6, 6.07) is 72.3. The third kappa shape index (κ3) is 4.81. The number of furan rings is 1. The number of nitrogens with zero attached hydrogens (tertiary/aromatic N) is 1. The Kier molecular flexibility index (Phi) is 6.90. The van der Waals surface area contributed by atoms with E-state index < -0.39 is 0 Å². The van der Waals surface area contributed by atoms with Gasteiger partial charge >= 0.3 is 0 Å². The van der Waals surface area contributed by atoms with E-state index in [-0.39, 0.29) is 0 Å². The van der Waals surface area contributed by atoms with E-state index in [0.717, 1.165) is 39.0 Å². The molecule has 2 heteroatoms. The minimum Gasteiger partial charge on any atom is -0.456 e. The maximum Gasteiger partial charge on any atom is 0.136 e. The van der Waals surface area contributed by atoms with Crippen molar-refractivity contribution in [2.24, 2.45) is 0 Å². The van der Waals surface area contributed by atoms with Crippen LogP contribution in [0, 0.1) is 0 Å². The average molecular weight is 688 g/mol. The Morgan fingerprint density at radius 2 is 0.944 bits per heavy atom. The van der Waals surface area contributed by atoms with E-state index in [1.54, 1.807) is 0 Å². The molecule has 0 aliphatic heterocycles. The number of fused-ring (bicyclic) bond motifs is 10. The zero-order chi connectivity index (χ0) is 35.6. The number of hydrogen-bond donors (Lipinski definition) is 0. The Hall–Kier alpha value is -7.16. The molecule has 252 valence electrons. The Labute approximate surface area is 312 Å². The molecule has 0 aliphatic rings. The summed E-state index contributed by atoms with van der Waals surface area (Å²) < 4.78 is 6.25. The largest absolute Gasteiger partial charge is 0.456 e. The highest BCUT2D eigenvalue weighted by Gasteiger charge is 2.19. The number of para-hydroxylation sites is 2. The lowest BCUT2D eigenvalue weighted by Gasteiger charge is -2.28. The number of rotatable bonds is 5. The van der Waals surface area contributed by atoms with Gasteiger partial charge in [-0.25, -0.2) is 0 Å². The lowest BCUT2D eigenvalue weighted by Crippen LogP contribution is -2.11. The first-order chi connectivity index (χ1) is 26.8. The summed E-state index contributed by atoms with van der Waals surface area (Å²) in [5.41, 5.74) is 9.89. The second-order valence-electron chi connectivity index (χ2n) is 14.1. The Morgan fingerprint density at radius 3 is 1.85 bits per heavy atom. The van der Waals surface area contributed by atoms with E-state index in [0.29, 0.717) is 0 Å². The summed E-state index contributed by atoms with van der Waals surface area (Å²) in [4.78, 5) is 2.39.